The van der Waals surface area contributed by atoms with Gasteiger partial charge in [-0.1, -0.05) is 26.0 Å². The van der Waals surface area contributed by atoms with Crippen LogP contribution in [0.5, 0.6) is 11.5 Å². The fraction of sp³-hybridized carbons (Fsp3) is 0.250. The van der Waals surface area contributed by atoms with E-state index in [1.165, 1.54) is 0 Å². The van der Waals surface area contributed by atoms with Gasteiger partial charge in [0.15, 0.2) is 0 Å². The van der Waals surface area contributed by atoms with E-state index in [9.17, 15) is 10.2 Å². The topological polar surface area (TPSA) is 40.5 Å². The van der Waals surface area contributed by atoms with Crippen LogP contribution in [0.3, 0.4) is 0 Å². The molecule has 0 aliphatic rings. The predicted molar refractivity (Wildman–Crippen MR) is 74.0 cm³/mol. The van der Waals surface area contributed by atoms with E-state index >= 15 is 0 Å². The Morgan fingerprint density at radius 2 is 1.72 bits per heavy atom. The number of rotatable bonds is 2. The molecule has 0 aromatic heterocycles. The highest BCUT2D eigenvalue weighted by molar-refractivity contribution is 5.70. The van der Waals surface area contributed by atoms with Crippen LogP contribution in [-0.4, -0.2) is 10.2 Å². The molecule has 0 amide bonds. The number of benzene rings is 2. The zero-order chi connectivity index (χ0) is 13.3. The van der Waals surface area contributed by atoms with E-state index < -0.39 is 0 Å². The molecule has 2 nitrogen and oxygen atoms in total. The lowest BCUT2D eigenvalue weighted by molar-refractivity contribution is 0.464. The average Bonchev–Trinajstić information content (AvgIpc) is 2.28. The van der Waals surface area contributed by atoms with E-state index in [1.807, 2.05) is 25.1 Å². The standard InChI is InChI=1S/C16H18O2/c1-10(2)14-9-15(11(3)7-16(14)18)12-5-4-6-13(17)8-12/h4-10,17-18H,1-3H3. The van der Waals surface area contributed by atoms with E-state index in [0.29, 0.717) is 5.75 Å². The number of aromatic hydroxyl groups is 2. The van der Waals surface area contributed by atoms with Crippen molar-refractivity contribution in [3.63, 3.8) is 0 Å². The fourth-order valence-electron chi connectivity index (χ4n) is 2.16. The van der Waals surface area contributed by atoms with Gasteiger partial charge in [0.1, 0.15) is 11.5 Å². The molecule has 0 aliphatic carbocycles. The van der Waals surface area contributed by atoms with E-state index in [1.54, 1.807) is 18.2 Å². The summed E-state index contributed by atoms with van der Waals surface area (Å²) in [7, 11) is 0. The number of hydrogen-bond donors (Lipinski definition) is 2. The normalized spacial score (nSPS) is 10.9. The summed E-state index contributed by atoms with van der Waals surface area (Å²) in [6.07, 6.45) is 0. The van der Waals surface area contributed by atoms with Crippen molar-refractivity contribution in [3.8, 4) is 22.6 Å². The van der Waals surface area contributed by atoms with Crippen molar-refractivity contribution in [2.45, 2.75) is 26.7 Å². The summed E-state index contributed by atoms with van der Waals surface area (Å²) in [6, 6.07) is 11.0. The highest BCUT2D eigenvalue weighted by atomic mass is 16.3. The van der Waals surface area contributed by atoms with Crippen LogP contribution in [0.15, 0.2) is 36.4 Å². The van der Waals surface area contributed by atoms with Gasteiger partial charge in [-0.2, -0.15) is 0 Å². The van der Waals surface area contributed by atoms with Crippen LogP contribution in [0.25, 0.3) is 11.1 Å². The second kappa shape index (κ2) is 4.73. The molecule has 2 rings (SSSR count). The van der Waals surface area contributed by atoms with Gasteiger partial charge >= 0.3 is 0 Å². The molecule has 0 aliphatic heterocycles. The first-order valence-electron chi connectivity index (χ1n) is 6.12. The summed E-state index contributed by atoms with van der Waals surface area (Å²) in [5.74, 6) is 0.860. The minimum atomic E-state index is 0.256. The predicted octanol–water partition coefficient (Wildman–Crippen LogP) is 4.20. The first-order valence-corrected chi connectivity index (χ1v) is 6.12. The van der Waals surface area contributed by atoms with Crippen LogP contribution in [0.4, 0.5) is 0 Å². The molecule has 0 radical (unpaired) electrons. The lowest BCUT2D eigenvalue weighted by Gasteiger charge is -2.14. The van der Waals surface area contributed by atoms with Crippen LogP contribution < -0.4 is 0 Å². The summed E-state index contributed by atoms with van der Waals surface area (Å²) in [5, 5.41) is 19.5. The number of aryl methyl sites for hydroxylation is 1. The van der Waals surface area contributed by atoms with Gasteiger partial charge in [0.25, 0.3) is 0 Å². The average molecular weight is 242 g/mol. The van der Waals surface area contributed by atoms with Gasteiger partial charge in [0.2, 0.25) is 0 Å². The molecule has 0 heterocycles. The smallest absolute Gasteiger partial charge is 0.119 e. The first kappa shape index (κ1) is 12.5. The summed E-state index contributed by atoms with van der Waals surface area (Å²) in [4.78, 5) is 0. The third-order valence-corrected chi connectivity index (χ3v) is 3.15. The van der Waals surface area contributed by atoms with Crippen molar-refractivity contribution in [2.75, 3.05) is 0 Å². The summed E-state index contributed by atoms with van der Waals surface area (Å²) < 4.78 is 0. The maximum absolute atomic E-state index is 9.94. The lowest BCUT2D eigenvalue weighted by Crippen LogP contribution is -1.92. The molecule has 18 heavy (non-hydrogen) atoms. The van der Waals surface area contributed by atoms with Gasteiger partial charge in [-0.25, -0.2) is 0 Å². The maximum Gasteiger partial charge on any atom is 0.119 e. The van der Waals surface area contributed by atoms with Crippen molar-refractivity contribution in [1.82, 2.24) is 0 Å². The van der Waals surface area contributed by atoms with Gasteiger partial charge < -0.3 is 10.2 Å². The molecule has 0 spiro atoms. The molecule has 0 saturated carbocycles. The largest absolute Gasteiger partial charge is 0.508 e. The van der Waals surface area contributed by atoms with Crippen LogP contribution >= 0.6 is 0 Å². The molecule has 0 fully saturated rings. The zero-order valence-corrected chi connectivity index (χ0v) is 10.9. The van der Waals surface area contributed by atoms with Crippen molar-refractivity contribution in [2.24, 2.45) is 0 Å². The van der Waals surface area contributed by atoms with E-state index in [2.05, 4.69) is 13.8 Å². The van der Waals surface area contributed by atoms with Gasteiger partial charge in [-0.05, 0) is 59.4 Å². The minimum absolute atomic E-state index is 0.256. The molecule has 2 heteroatoms. The molecule has 0 bridgehead atoms. The molecular weight excluding hydrogens is 224 g/mol. The molecule has 0 atom stereocenters. The lowest BCUT2D eigenvalue weighted by atomic mass is 9.93. The van der Waals surface area contributed by atoms with Gasteiger partial charge in [0.05, 0.1) is 0 Å². The number of phenols is 2. The Bertz CT molecular complexity index is 571. The van der Waals surface area contributed by atoms with Crippen LogP contribution in [0.1, 0.15) is 30.9 Å². The van der Waals surface area contributed by atoms with Gasteiger partial charge in [0, 0.05) is 0 Å². The molecular formula is C16H18O2. The van der Waals surface area contributed by atoms with Crippen molar-refractivity contribution in [3.05, 3.63) is 47.5 Å². The molecule has 2 aromatic carbocycles. The Morgan fingerprint density at radius 3 is 2.33 bits per heavy atom. The van der Waals surface area contributed by atoms with Crippen LogP contribution in [0, 0.1) is 6.92 Å². The highest BCUT2D eigenvalue weighted by Gasteiger charge is 2.11. The monoisotopic (exact) mass is 242 g/mol. The quantitative estimate of drug-likeness (QED) is 0.828. The van der Waals surface area contributed by atoms with E-state index in [4.69, 9.17) is 0 Å². The fourth-order valence-corrected chi connectivity index (χ4v) is 2.16. The Kier molecular flexibility index (Phi) is 3.28. The number of phenolic OH excluding ortho intramolecular Hbond substituents is 2. The Balaban J connectivity index is 2.60. The molecule has 0 unspecified atom stereocenters. The van der Waals surface area contributed by atoms with Crippen LogP contribution in [0.2, 0.25) is 0 Å². The van der Waals surface area contributed by atoms with Crippen molar-refractivity contribution < 1.29 is 10.2 Å². The SMILES string of the molecule is Cc1cc(O)c(C(C)C)cc1-c1cccc(O)c1. The Hall–Kier alpha value is -1.96. The van der Waals surface area contributed by atoms with Crippen molar-refractivity contribution >= 4 is 0 Å². The summed E-state index contributed by atoms with van der Waals surface area (Å²) >= 11 is 0. The van der Waals surface area contributed by atoms with Crippen LogP contribution in [-0.2, 0) is 0 Å². The maximum atomic E-state index is 9.94. The Labute approximate surface area is 108 Å². The summed E-state index contributed by atoms with van der Waals surface area (Å²) in [6.45, 7) is 6.07. The summed E-state index contributed by atoms with van der Waals surface area (Å²) in [5.41, 5.74) is 3.95. The molecule has 94 valence electrons. The zero-order valence-electron chi connectivity index (χ0n) is 10.9. The highest BCUT2D eigenvalue weighted by Crippen LogP contribution is 2.34. The second-order valence-corrected chi connectivity index (χ2v) is 4.93. The Morgan fingerprint density at radius 1 is 1.00 bits per heavy atom. The van der Waals surface area contributed by atoms with E-state index in [-0.39, 0.29) is 11.7 Å². The molecule has 2 N–H and O–H groups in total. The minimum Gasteiger partial charge on any atom is -0.508 e. The number of hydrogen-bond acceptors (Lipinski definition) is 2. The third kappa shape index (κ3) is 2.33. The van der Waals surface area contributed by atoms with Gasteiger partial charge in [-0.3, -0.25) is 0 Å². The van der Waals surface area contributed by atoms with Crippen molar-refractivity contribution in [1.29, 1.82) is 0 Å². The first-order chi connectivity index (χ1) is 8.49. The molecule has 0 saturated heterocycles. The third-order valence-electron chi connectivity index (χ3n) is 3.15. The second-order valence-electron chi connectivity index (χ2n) is 4.93. The van der Waals surface area contributed by atoms with Gasteiger partial charge in [-0.15, -0.1) is 0 Å². The van der Waals surface area contributed by atoms with E-state index in [0.717, 1.165) is 22.3 Å². The molecule has 2 aromatic rings.